The highest BCUT2D eigenvalue weighted by Crippen LogP contribution is 2.17. The Hall–Kier alpha value is -1.37. The topological polar surface area (TPSA) is 64.0 Å². The Bertz CT molecular complexity index is 767. The molecule has 120 valence electrons. The lowest BCUT2D eigenvalue weighted by atomic mass is 10.1. The molecule has 1 aromatic carbocycles. The molecule has 1 N–H and O–H groups in total. The van der Waals surface area contributed by atoms with Crippen LogP contribution in [0.15, 0.2) is 29.2 Å². The summed E-state index contributed by atoms with van der Waals surface area (Å²) in [5.41, 5.74) is 3.06. The van der Waals surface area contributed by atoms with Crippen LogP contribution in [0.5, 0.6) is 0 Å². The molecule has 0 aliphatic rings. The van der Waals surface area contributed by atoms with Crippen LogP contribution in [0.4, 0.5) is 0 Å². The minimum absolute atomic E-state index is 0.211. The molecule has 1 aromatic heterocycles. The van der Waals surface area contributed by atoms with Gasteiger partial charge in [0.2, 0.25) is 10.0 Å². The molecular formula is C15H20ClN3O2S. The van der Waals surface area contributed by atoms with Crippen molar-refractivity contribution in [3.8, 4) is 0 Å². The molecule has 0 amide bonds. The summed E-state index contributed by atoms with van der Waals surface area (Å²) in [6.45, 7) is 5.76. The fourth-order valence-corrected chi connectivity index (χ4v) is 3.78. The Labute approximate surface area is 136 Å². The molecule has 1 heterocycles. The molecule has 5 nitrogen and oxygen atoms in total. The third-order valence-corrected chi connectivity index (χ3v) is 5.51. The highest BCUT2D eigenvalue weighted by molar-refractivity contribution is 7.89. The van der Waals surface area contributed by atoms with Gasteiger partial charge in [-0.3, -0.25) is 4.68 Å². The molecule has 7 heteroatoms. The standard InChI is InChI=1S/C15H20ClN3O2S/c1-10(9-15-11(2)17-19(4)12(15)3)18-22(20,21)14-7-5-13(16)6-8-14/h5-8,10,18H,9H2,1-4H3/t10-/m0/s1. The molecule has 0 aliphatic heterocycles. The van der Waals surface area contributed by atoms with Crippen LogP contribution in [0.25, 0.3) is 0 Å². The zero-order valence-corrected chi connectivity index (χ0v) is 14.7. The molecule has 0 aliphatic carbocycles. The lowest BCUT2D eigenvalue weighted by Gasteiger charge is -2.14. The summed E-state index contributed by atoms with van der Waals surface area (Å²) in [5, 5.41) is 4.86. The first-order valence-corrected chi connectivity index (χ1v) is 8.84. The SMILES string of the molecule is Cc1nn(C)c(C)c1C[C@H](C)NS(=O)(=O)c1ccc(Cl)cc1. The van der Waals surface area contributed by atoms with E-state index in [-0.39, 0.29) is 10.9 Å². The Kier molecular flexibility index (Phi) is 4.94. The van der Waals surface area contributed by atoms with Crippen molar-refractivity contribution >= 4 is 21.6 Å². The van der Waals surface area contributed by atoms with E-state index in [0.29, 0.717) is 11.4 Å². The van der Waals surface area contributed by atoms with Crippen LogP contribution in [0.1, 0.15) is 23.9 Å². The first-order chi connectivity index (χ1) is 10.2. The van der Waals surface area contributed by atoms with Crippen molar-refractivity contribution in [2.24, 2.45) is 7.05 Å². The molecular weight excluding hydrogens is 322 g/mol. The van der Waals surface area contributed by atoms with E-state index < -0.39 is 10.0 Å². The largest absolute Gasteiger partial charge is 0.272 e. The number of nitrogens with zero attached hydrogens (tertiary/aromatic N) is 2. The van der Waals surface area contributed by atoms with Crippen molar-refractivity contribution in [3.05, 3.63) is 46.2 Å². The van der Waals surface area contributed by atoms with E-state index in [1.807, 2.05) is 32.5 Å². The molecule has 0 bridgehead atoms. The molecule has 2 rings (SSSR count). The maximum Gasteiger partial charge on any atom is 0.240 e. The maximum absolute atomic E-state index is 12.3. The Morgan fingerprint density at radius 3 is 2.36 bits per heavy atom. The van der Waals surface area contributed by atoms with Crippen molar-refractivity contribution in [1.29, 1.82) is 0 Å². The molecule has 0 radical (unpaired) electrons. The van der Waals surface area contributed by atoms with Crippen LogP contribution in [0.2, 0.25) is 5.02 Å². The highest BCUT2D eigenvalue weighted by atomic mass is 35.5. The van der Waals surface area contributed by atoms with Gasteiger partial charge in [0, 0.05) is 23.8 Å². The average molecular weight is 342 g/mol. The molecule has 1 atom stereocenters. The Morgan fingerprint density at radius 1 is 1.27 bits per heavy atom. The quantitative estimate of drug-likeness (QED) is 0.909. The predicted molar refractivity (Wildman–Crippen MR) is 87.6 cm³/mol. The summed E-state index contributed by atoms with van der Waals surface area (Å²) >= 11 is 5.79. The summed E-state index contributed by atoms with van der Waals surface area (Å²) in [4.78, 5) is 0.211. The number of rotatable bonds is 5. The third-order valence-electron chi connectivity index (χ3n) is 3.65. The van der Waals surface area contributed by atoms with E-state index in [9.17, 15) is 8.42 Å². The number of hydrogen-bond donors (Lipinski definition) is 1. The maximum atomic E-state index is 12.3. The van der Waals surface area contributed by atoms with Gasteiger partial charge in [-0.2, -0.15) is 5.10 Å². The van der Waals surface area contributed by atoms with Crippen LogP contribution in [0, 0.1) is 13.8 Å². The van der Waals surface area contributed by atoms with Crippen LogP contribution in [-0.4, -0.2) is 24.2 Å². The number of nitrogens with one attached hydrogen (secondary N) is 1. The van der Waals surface area contributed by atoms with E-state index >= 15 is 0 Å². The normalized spacial score (nSPS) is 13.3. The summed E-state index contributed by atoms with van der Waals surface area (Å²) < 4.78 is 29.2. The lowest BCUT2D eigenvalue weighted by molar-refractivity contribution is 0.559. The smallest absolute Gasteiger partial charge is 0.240 e. The van der Waals surface area contributed by atoms with E-state index in [1.165, 1.54) is 12.1 Å². The van der Waals surface area contributed by atoms with E-state index in [2.05, 4.69) is 9.82 Å². The molecule has 0 saturated heterocycles. The van der Waals surface area contributed by atoms with Gasteiger partial charge in [0.1, 0.15) is 0 Å². The highest BCUT2D eigenvalue weighted by Gasteiger charge is 2.19. The second-order valence-electron chi connectivity index (χ2n) is 5.45. The fourth-order valence-electron chi connectivity index (χ4n) is 2.41. The Balaban J connectivity index is 2.14. The second kappa shape index (κ2) is 6.40. The lowest BCUT2D eigenvalue weighted by Crippen LogP contribution is -2.34. The monoisotopic (exact) mass is 341 g/mol. The van der Waals surface area contributed by atoms with Gasteiger partial charge < -0.3 is 0 Å². The van der Waals surface area contributed by atoms with Crippen molar-refractivity contribution in [3.63, 3.8) is 0 Å². The molecule has 0 unspecified atom stereocenters. The Morgan fingerprint density at radius 2 is 1.86 bits per heavy atom. The van der Waals surface area contributed by atoms with Gasteiger partial charge in [-0.1, -0.05) is 11.6 Å². The summed E-state index contributed by atoms with van der Waals surface area (Å²) in [5.74, 6) is 0. The van der Waals surface area contributed by atoms with Gasteiger partial charge in [0.05, 0.1) is 10.6 Å². The minimum Gasteiger partial charge on any atom is -0.272 e. The summed E-state index contributed by atoms with van der Waals surface area (Å²) in [6.07, 6.45) is 0.596. The fraction of sp³-hybridized carbons (Fsp3) is 0.400. The van der Waals surface area contributed by atoms with E-state index in [1.54, 1.807) is 12.1 Å². The first kappa shape index (κ1) is 17.0. The third kappa shape index (κ3) is 3.69. The molecule has 22 heavy (non-hydrogen) atoms. The molecule has 2 aromatic rings. The van der Waals surface area contributed by atoms with E-state index in [4.69, 9.17) is 11.6 Å². The zero-order valence-electron chi connectivity index (χ0n) is 13.1. The number of aromatic nitrogens is 2. The first-order valence-electron chi connectivity index (χ1n) is 6.97. The van der Waals surface area contributed by atoms with Gasteiger partial charge >= 0.3 is 0 Å². The number of aryl methyl sites for hydroxylation is 2. The number of benzene rings is 1. The van der Waals surface area contributed by atoms with Gasteiger partial charge in [0.25, 0.3) is 0 Å². The molecule has 0 fully saturated rings. The van der Waals surface area contributed by atoms with Crippen molar-refractivity contribution in [2.45, 2.75) is 38.1 Å². The number of halogens is 1. The zero-order chi connectivity index (χ0) is 16.5. The molecule has 0 spiro atoms. The van der Waals surface area contributed by atoms with Gasteiger partial charge in [-0.05, 0) is 57.0 Å². The summed E-state index contributed by atoms with van der Waals surface area (Å²) in [6, 6.07) is 5.89. The van der Waals surface area contributed by atoms with Crippen LogP contribution >= 0.6 is 11.6 Å². The van der Waals surface area contributed by atoms with Crippen molar-refractivity contribution in [2.75, 3.05) is 0 Å². The van der Waals surface area contributed by atoms with Crippen LogP contribution in [0.3, 0.4) is 0 Å². The number of hydrogen-bond acceptors (Lipinski definition) is 3. The minimum atomic E-state index is -3.55. The van der Waals surface area contributed by atoms with Gasteiger partial charge in [-0.15, -0.1) is 0 Å². The number of sulfonamides is 1. The molecule has 0 saturated carbocycles. The van der Waals surface area contributed by atoms with Crippen molar-refractivity contribution < 1.29 is 8.42 Å². The van der Waals surface area contributed by atoms with Crippen LogP contribution < -0.4 is 4.72 Å². The van der Waals surface area contributed by atoms with Gasteiger partial charge in [-0.25, -0.2) is 13.1 Å². The van der Waals surface area contributed by atoms with E-state index in [0.717, 1.165) is 17.0 Å². The average Bonchev–Trinajstić information content (AvgIpc) is 2.65. The predicted octanol–water partition coefficient (Wildman–Crippen LogP) is 2.60. The summed E-state index contributed by atoms with van der Waals surface area (Å²) in [7, 11) is -1.67. The van der Waals surface area contributed by atoms with Crippen molar-refractivity contribution in [1.82, 2.24) is 14.5 Å². The van der Waals surface area contributed by atoms with Crippen LogP contribution in [-0.2, 0) is 23.5 Å². The van der Waals surface area contributed by atoms with Gasteiger partial charge in [0.15, 0.2) is 0 Å². The second-order valence-corrected chi connectivity index (χ2v) is 7.60.